The zero-order valence-electron chi connectivity index (χ0n) is 15.0. The Hall–Kier alpha value is -2.75. The van der Waals surface area contributed by atoms with Gasteiger partial charge in [-0.25, -0.2) is 0 Å². The van der Waals surface area contributed by atoms with Crippen LogP contribution in [0.15, 0.2) is 54.7 Å². The largest absolute Gasteiger partial charge is 0.497 e. The zero-order valence-corrected chi connectivity index (χ0v) is 15.0. The molecular formula is C21H24N2O2. The van der Waals surface area contributed by atoms with Crippen molar-refractivity contribution < 1.29 is 9.53 Å². The van der Waals surface area contributed by atoms with E-state index in [2.05, 4.69) is 17.1 Å². The van der Waals surface area contributed by atoms with E-state index in [-0.39, 0.29) is 11.9 Å². The number of ether oxygens (including phenoxy) is 1. The number of nitrogens with one attached hydrogen (secondary N) is 1. The zero-order chi connectivity index (χ0) is 17.8. The number of carbonyl (C=O) groups excluding carboxylic acids is 1. The highest BCUT2D eigenvalue weighted by Crippen LogP contribution is 2.23. The van der Waals surface area contributed by atoms with Crippen LogP contribution in [-0.4, -0.2) is 29.9 Å². The lowest BCUT2D eigenvalue weighted by atomic mass is 10.1. The van der Waals surface area contributed by atoms with E-state index in [1.165, 1.54) is 10.9 Å². The molecule has 0 bridgehead atoms. The van der Waals surface area contributed by atoms with Crippen LogP contribution in [0.1, 0.15) is 30.5 Å². The molecule has 1 aromatic heterocycles. The lowest BCUT2D eigenvalue weighted by Gasteiger charge is -2.25. The van der Waals surface area contributed by atoms with Crippen molar-refractivity contribution in [3.05, 3.63) is 65.9 Å². The van der Waals surface area contributed by atoms with E-state index in [1.54, 1.807) is 7.11 Å². The predicted octanol–water partition coefficient (Wildman–Crippen LogP) is 4.33. The summed E-state index contributed by atoms with van der Waals surface area (Å²) in [6, 6.07) is 16.1. The number of para-hydroxylation sites is 1. The van der Waals surface area contributed by atoms with Crippen LogP contribution < -0.4 is 4.74 Å². The number of amides is 1. The first-order valence-corrected chi connectivity index (χ1v) is 8.54. The van der Waals surface area contributed by atoms with E-state index in [1.807, 2.05) is 61.5 Å². The first kappa shape index (κ1) is 17.1. The van der Waals surface area contributed by atoms with Crippen LogP contribution in [-0.2, 0) is 11.2 Å². The van der Waals surface area contributed by atoms with E-state index in [4.69, 9.17) is 4.74 Å². The molecule has 4 nitrogen and oxygen atoms in total. The first-order valence-electron chi connectivity index (χ1n) is 8.54. The Morgan fingerprint density at radius 1 is 1.16 bits per heavy atom. The molecule has 0 saturated carbocycles. The van der Waals surface area contributed by atoms with Crippen LogP contribution in [0.25, 0.3) is 10.9 Å². The average Bonchev–Trinajstić information content (AvgIpc) is 3.08. The SMILES string of the molecule is COc1ccc(C(C)N(C)C(=O)CCc2c[nH]c3ccccc23)cc1. The number of hydrogen-bond donors (Lipinski definition) is 1. The van der Waals surface area contributed by atoms with Gasteiger partial charge in [-0.3, -0.25) is 4.79 Å². The first-order chi connectivity index (χ1) is 12.1. The van der Waals surface area contributed by atoms with Gasteiger partial charge < -0.3 is 14.6 Å². The summed E-state index contributed by atoms with van der Waals surface area (Å²) in [6.07, 6.45) is 3.24. The maximum atomic E-state index is 12.6. The smallest absolute Gasteiger partial charge is 0.223 e. The molecule has 0 spiro atoms. The second-order valence-electron chi connectivity index (χ2n) is 6.31. The van der Waals surface area contributed by atoms with Gasteiger partial charge in [-0.15, -0.1) is 0 Å². The average molecular weight is 336 g/mol. The number of aromatic amines is 1. The van der Waals surface area contributed by atoms with E-state index < -0.39 is 0 Å². The van der Waals surface area contributed by atoms with Crippen molar-refractivity contribution >= 4 is 16.8 Å². The van der Waals surface area contributed by atoms with E-state index in [9.17, 15) is 4.79 Å². The van der Waals surface area contributed by atoms with E-state index in [0.29, 0.717) is 6.42 Å². The second kappa shape index (κ2) is 7.43. The fraction of sp³-hybridized carbons (Fsp3) is 0.286. The second-order valence-corrected chi connectivity index (χ2v) is 6.31. The highest BCUT2D eigenvalue weighted by molar-refractivity contribution is 5.84. The Kier molecular flexibility index (Phi) is 5.08. The number of methoxy groups -OCH3 is 1. The molecular weight excluding hydrogens is 312 g/mol. The van der Waals surface area contributed by atoms with Crippen molar-refractivity contribution in [2.45, 2.75) is 25.8 Å². The van der Waals surface area contributed by atoms with Crippen LogP contribution in [0.2, 0.25) is 0 Å². The summed E-state index contributed by atoms with van der Waals surface area (Å²) in [6.45, 7) is 2.05. The molecule has 1 atom stereocenters. The van der Waals surface area contributed by atoms with Gasteiger partial charge in [0.05, 0.1) is 13.2 Å². The summed E-state index contributed by atoms with van der Waals surface area (Å²) in [5.41, 5.74) is 3.41. The normalized spacial score (nSPS) is 12.1. The maximum absolute atomic E-state index is 12.6. The number of benzene rings is 2. The molecule has 0 saturated heterocycles. The summed E-state index contributed by atoms with van der Waals surface area (Å²) in [7, 11) is 3.52. The summed E-state index contributed by atoms with van der Waals surface area (Å²) in [4.78, 5) is 17.7. The van der Waals surface area contributed by atoms with Crippen molar-refractivity contribution in [3.8, 4) is 5.75 Å². The molecule has 2 aromatic carbocycles. The quantitative estimate of drug-likeness (QED) is 0.728. The lowest BCUT2D eigenvalue weighted by molar-refractivity contribution is -0.131. The van der Waals surface area contributed by atoms with Gasteiger partial charge in [0, 0.05) is 30.6 Å². The van der Waals surface area contributed by atoms with Gasteiger partial charge in [-0.1, -0.05) is 30.3 Å². The van der Waals surface area contributed by atoms with Crippen molar-refractivity contribution in [1.29, 1.82) is 0 Å². The fourth-order valence-electron chi connectivity index (χ4n) is 3.08. The van der Waals surface area contributed by atoms with Crippen molar-refractivity contribution in [2.75, 3.05) is 14.2 Å². The molecule has 0 aliphatic heterocycles. The summed E-state index contributed by atoms with van der Waals surface area (Å²) < 4.78 is 5.19. The molecule has 25 heavy (non-hydrogen) atoms. The number of hydrogen-bond acceptors (Lipinski definition) is 2. The van der Waals surface area contributed by atoms with Crippen molar-refractivity contribution in [2.24, 2.45) is 0 Å². The van der Waals surface area contributed by atoms with E-state index in [0.717, 1.165) is 23.3 Å². The molecule has 0 aliphatic carbocycles. The van der Waals surface area contributed by atoms with Crippen LogP contribution in [0, 0.1) is 0 Å². The number of carbonyl (C=O) groups is 1. The topological polar surface area (TPSA) is 45.3 Å². The number of aryl methyl sites for hydroxylation is 1. The van der Waals surface area contributed by atoms with Crippen LogP contribution in [0.4, 0.5) is 0 Å². The van der Waals surface area contributed by atoms with Gasteiger partial charge in [-0.05, 0) is 42.7 Å². The maximum Gasteiger partial charge on any atom is 0.223 e. The van der Waals surface area contributed by atoms with Crippen molar-refractivity contribution in [3.63, 3.8) is 0 Å². The summed E-state index contributed by atoms with van der Waals surface area (Å²) >= 11 is 0. The van der Waals surface area contributed by atoms with Crippen LogP contribution >= 0.6 is 0 Å². The van der Waals surface area contributed by atoms with Gasteiger partial charge in [0.1, 0.15) is 5.75 Å². The lowest BCUT2D eigenvalue weighted by Crippen LogP contribution is -2.29. The minimum Gasteiger partial charge on any atom is -0.497 e. The molecule has 130 valence electrons. The number of nitrogens with zero attached hydrogens (tertiary/aromatic N) is 1. The molecule has 0 fully saturated rings. The molecule has 1 amide bonds. The highest BCUT2D eigenvalue weighted by atomic mass is 16.5. The third kappa shape index (κ3) is 3.68. The molecule has 3 rings (SSSR count). The van der Waals surface area contributed by atoms with Crippen LogP contribution in [0.5, 0.6) is 5.75 Å². The summed E-state index contributed by atoms with van der Waals surface area (Å²) in [5.74, 6) is 0.970. The third-order valence-corrected chi connectivity index (χ3v) is 4.86. The molecule has 1 N–H and O–H groups in total. The molecule has 1 heterocycles. The van der Waals surface area contributed by atoms with Gasteiger partial charge in [0.15, 0.2) is 0 Å². The minimum atomic E-state index is 0.0291. The standard InChI is InChI=1S/C21H24N2O2/c1-15(16-8-11-18(25-3)12-9-16)23(2)21(24)13-10-17-14-22-20-7-5-4-6-19(17)20/h4-9,11-12,14-15,22H,10,13H2,1-3H3. The minimum absolute atomic E-state index is 0.0291. The molecule has 1 unspecified atom stereocenters. The van der Waals surface area contributed by atoms with Crippen molar-refractivity contribution in [1.82, 2.24) is 9.88 Å². The van der Waals surface area contributed by atoms with Gasteiger partial charge in [0.2, 0.25) is 5.91 Å². The third-order valence-electron chi connectivity index (χ3n) is 4.86. The van der Waals surface area contributed by atoms with Gasteiger partial charge in [-0.2, -0.15) is 0 Å². The number of rotatable bonds is 6. The molecule has 0 radical (unpaired) electrons. The Bertz CT molecular complexity index is 852. The van der Waals surface area contributed by atoms with Gasteiger partial charge in [0.25, 0.3) is 0 Å². The van der Waals surface area contributed by atoms with E-state index >= 15 is 0 Å². The number of H-pyrrole nitrogens is 1. The predicted molar refractivity (Wildman–Crippen MR) is 101 cm³/mol. The number of fused-ring (bicyclic) bond motifs is 1. The molecule has 4 heteroatoms. The number of aromatic nitrogens is 1. The highest BCUT2D eigenvalue weighted by Gasteiger charge is 2.17. The Morgan fingerprint density at radius 3 is 2.60 bits per heavy atom. The Labute approximate surface area is 148 Å². The Morgan fingerprint density at radius 2 is 1.88 bits per heavy atom. The summed E-state index contributed by atoms with van der Waals surface area (Å²) in [5, 5.41) is 1.20. The molecule has 0 aliphatic rings. The fourth-order valence-corrected chi connectivity index (χ4v) is 3.08. The monoisotopic (exact) mass is 336 g/mol. The Balaban J connectivity index is 1.63. The molecule has 3 aromatic rings. The van der Waals surface area contributed by atoms with Gasteiger partial charge >= 0.3 is 0 Å². The van der Waals surface area contributed by atoms with Crippen LogP contribution in [0.3, 0.4) is 0 Å².